The second-order valence-electron chi connectivity index (χ2n) is 4.86. The summed E-state index contributed by atoms with van der Waals surface area (Å²) in [4.78, 5) is 0. The van der Waals surface area contributed by atoms with Crippen LogP contribution in [0.2, 0.25) is 0 Å². The molecule has 1 unspecified atom stereocenters. The summed E-state index contributed by atoms with van der Waals surface area (Å²) in [6, 6.07) is 17.6. The van der Waals surface area contributed by atoms with Gasteiger partial charge in [-0.05, 0) is 71.3 Å². The molecule has 0 saturated heterocycles. The average Bonchev–Trinajstić information content (AvgIpc) is 2.44. The Kier molecular flexibility index (Phi) is 6.52. The average molecular weight is 444 g/mol. The van der Waals surface area contributed by atoms with Gasteiger partial charge < -0.3 is 5.32 Å². The number of benzene rings is 2. The molecular formula is C17H19BrIN. The molecule has 2 aromatic rings. The van der Waals surface area contributed by atoms with Gasteiger partial charge in [0.2, 0.25) is 0 Å². The Labute approximate surface area is 143 Å². The van der Waals surface area contributed by atoms with Crippen LogP contribution in [-0.2, 0) is 6.42 Å². The minimum atomic E-state index is 0.373. The van der Waals surface area contributed by atoms with E-state index >= 15 is 0 Å². The van der Waals surface area contributed by atoms with Gasteiger partial charge in [0.05, 0.1) is 0 Å². The lowest BCUT2D eigenvalue weighted by Crippen LogP contribution is -2.24. The molecular weight excluding hydrogens is 425 g/mol. The van der Waals surface area contributed by atoms with Crippen molar-refractivity contribution in [2.75, 3.05) is 6.54 Å². The van der Waals surface area contributed by atoms with Crippen molar-refractivity contribution in [3.63, 3.8) is 0 Å². The van der Waals surface area contributed by atoms with Crippen LogP contribution in [0.25, 0.3) is 0 Å². The Hall–Kier alpha value is -0.390. The van der Waals surface area contributed by atoms with Crippen molar-refractivity contribution in [1.29, 1.82) is 0 Å². The first kappa shape index (κ1) is 16.0. The highest BCUT2D eigenvalue weighted by Crippen LogP contribution is 2.24. The molecule has 20 heavy (non-hydrogen) atoms. The summed E-state index contributed by atoms with van der Waals surface area (Å²) >= 11 is 5.98. The van der Waals surface area contributed by atoms with Gasteiger partial charge in [-0.15, -0.1) is 0 Å². The molecule has 0 aliphatic heterocycles. The lowest BCUT2D eigenvalue weighted by atomic mass is 9.99. The molecule has 0 aliphatic rings. The quantitative estimate of drug-likeness (QED) is 0.594. The molecule has 0 amide bonds. The SMILES string of the molecule is CCCNC(Cc1cccc(Br)c1)c1ccccc1I. The highest BCUT2D eigenvalue weighted by molar-refractivity contribution is 14.1. The van der Waals surface area contributed by atoms with E-state index in [2.05, 4.69) is 99.3 Å². The fourth-order valence-electron chi connectivity index (χ4n) is 2.27. The van der Waals surface area contributed by atoms with Gasteiger partial charge in [0.1, 0.15) is 0 Å². The van der Waals surface area contributed by atoms with Crippen LogP contribution in [0.1, 0.15) is 30.5 Å². The van der Waals surface area contributed by atoms with Crippen LogP contribution in [-0.4, -0.2) is 6.54 Å². The molecule has 0 heterocycles. The highest BCUT2D eigenvalue weighted by atomic mass is 127. The summed E-state index contributed by atoms with van der Waals surface area (Å²) in [5.41, 5.74) is 2.74. The fraction of sp³-hybridized carbons (Fsp3) is 0.294. The summed E-state index contributed by atoms with van der Waals surface area (Å²) < 4.78 is 2.47. The maximum Gasteiger partial charge on any atom is 0.0371 e. The molecule has 1 N–H and O–H groups in total. The summed E-state index contributed by atoms with van der Waals surface area (Å²) in [7, 11) is 0. The monoisotopic (exact) mass is 443 g/mol. The highest BCUT2D eigenvalue weighted by Gasteiger charge is 2.14. The first-order valence-corrected chi connectivity index (χ1v) is 8.80. The zero-order valence-electron chi connectivity index (χ0n) is 11.6. The summed E-state index contributed by atoms with van der Waals surface area (Å²) in [6.45, 7) is 3.25. The van der Waals surface area contributed by atoms with E-state index in [1.807, 2.05) is 0 Å². The molecule has 0 spiro atoms. The fourth-order valence-corrected chi connectivity index (χ4v) is 3.48. The van der Waals surface area contributed by atoms with Crippen molar-refractivity contribution in [1.82, 2.24) is 5.32 Å². The molecule has 0 aliphatic carbocycles. The molecule has 1 atom stereocenters. The predicted molar refractivity (Wildman–Crippen MR) is 98.0 cm³/mol. The lowest BCUT2D eigenvalue weighted by molar-refractivity contribution is 0.527. The molecule has 0 bridgehead atoms. The van der Waals surface area contributed by atoms with Crippen LogP contribution in [0.3, 0.4) is 0 Å². The first-order chi connectivity index (χ1) is 9.70. The van der Waals surface area contributed by atoms with Crippen molar-refractivity contribution < 1.29 is 0 Å². The van der Waals surface area contributed by atoms with Crippen LogP contribution < -0.4 is 5.32 Å². The van der Waals surface area contributed by atoms with Gasteiger partial charge in [-0.2, -0.15) is 0 Å². The number of rotatable bonds is 6. The van der Waals surface area contributed by atoms with Crippen LogP contribution >= 0.6 is 38.5 Å². The molecule has 3 heteroatoms. The van der Waals surface area contributed by atoms with Gasteiger partial charge in [-0.3, -0.25) is 0 Å². The summed E-state index contributed by atoms with van der Waals surface area (Å²) in [5, 5.41) is 3.67. The number of hydrogen-bond acceptors (Lipinski definition) is 1. The first-order valence-electron chi connectivity index (χ1n) is 6.93. The van der Waals surface area contributed by atoms with Gasteiger partial charge >= 0.3 is 0 Å². The Morgan fingerprint density at radius 3 is 2.65 bits per heavy atom. The van der Waals surface area contributed by atoms with Gasteiger partial charge in [0, 0.05) is 14.1 Å². The molecule has 0 saturated carbocycles. The maximum absolute atomic E-state index is 3.67. The van der Waals surface area contributed by atoms with E-state index in [-0.39, 0.29) is 0 Å². The number of hydrogen-bond donors (Lipinski definition) is 1. The van der Waals surface area contributed by atoms with E-state index in [0.29, 0.717) is 6.04 Å². The molecule has 2 rings (SSSR count). The normalized spacial score (nSPS) is 12.3. The second-order valence-corrected chi connectivity index (χ2v) is 6.94. The Bertz CT molecular complexity index is 556. The van der Waals surface area contributed by atoms with Crippen LogP contribution in [0.5, 0.6) is 0 Å². The van der Waals surface area contributed by atoms with Gasteiger partial charge in [0.25, 0.3) is 0 Å². The van der Waals surface area contributed by atoms with E-state index in [1.54, 1.807) is 0 Å². The molecule has 106 valence electrons. The van der Waals surface area contributed by atoms with E-state index in [4.69, 9.17) is 0 Å². The molecule has 2 aromatic carbocycles. The number of halogens is 2. The van der Waals surface area contributed by atoms with Crippen LogP contribution in [0.15, 0.2) is 53.0 Å². The minimum absolute atomic E-state index is 0.373. The third-order valence-corrected chi connectivity index (χ3v) is 4.73. The second kappa shape index (κ2) is 8.15. The smallest absolute Gasteiger partial charge is 0.0371 e. The van der Waals surface area contributed by atoms with Crippen molar-refractivity contribution in [3.8, 4) is 0 Å². The van der Waals surface area contributed by atoms with Crippen LogP contribution in [0, 0.1) is 3.57 Å². The standard InChI is InChI=1S/C17H19BrIN/c1-2-10-20-17(15-8-3-4-9-16(15)19)12-13-6-5-7-14(18)11-13/h3-9,11,17,20H,2,10,12H2,1H3. The molecule has 1 nitrogen and oxygen atoms in total. The van der Waals surface area contributed by atoms with E-state index in [0.717, 1.165) is 23.9 Å². The zero-order chi connectivity index (χ0) is 14.4. The molecule has 0 radical (unpaired) electrons. The van der Waals surface area contributed by atoms with E-state index < -0.39 is 0 Å². The summed E-state index contributed by atoms with van der Waals surface area (Å²) in [6.07, 6.45) is 2.16. The number of nitrogens with one attached hydrogen (secondary N) is 1. The lowest BCUT2D eigenvalue weighted by Gasteiger charge is -2.20. The Morgan fingerprint density at radius 1 is 1.15 bits per heavy atom. The van der Waals surface area contributed by atoms with E-state index in [1.165, 1.54) is 14.7 Å². The van der Waals surface area contributed by atoms with Crippen molar-refractivity contribution in [2.24, 2.45) is 0 Å². The zero-order valence-corrected chi connectivity index (χ0v) is 15.3. The Morgan fingerprint density at radius 2 is 1.95 bits per heavy atom. The third kappa shape index (κ3) is 4.57. The maximum atomic E-state index is 3.67. The topological polar surface area (TPSA) is 12.0 Å². The largest absolute Gasteiger partial charge is 0.310 e. The van der Waals surface area contributed by atoms with Crippen molar-refractivity contribution >= 4 is 38.5 Å². The van der Waals surface area contributed by atoms with Crippen molar-refractivity contribution in [2.45, 2.75) is 25.8 Å². The van der Waals surface area contributed by atoms with Crippen molar-refractivity contribution in [3.05, 3.63) is 67.7 Å². The molecule has 0 aromatic heterocycles. The predicted octanol–water partition coefficient (Wildman–Crippen LogP) is 5.34. The molecule has 0 fully saturated rings. The van der Waals surface area contributed by atoms with Gasteiger partial charge in [-0.1, -0.05) is 53.2 Å². The third-order valence-electron chi connectivity index (χ3n) is 3.25. The summed E-state index contributed by atoms with van der Waals surface area (Å²) in [5.74, 6) is 0. The van der Waals surface area contributed by atoms with Gasteiger partial charge in [0.15, 0.2) is 0 Å². The Balaban J connectivity index is 2.22. The minimum Gasteiger partial charge on any atom is -0.310 e. The van der Waals surface area contributed by atoms with Gasteiger partial charge in [-0.25, -0.2) is 0 Å². The van der Waals surface area contributed by atoms with E-state index in [9.17, 15) is 0 Å². The van der Waals surface area contributed by atoms with Crippen LogP contribution in [0.4, 0.5) is 0 Å².